The zero-order valence-electron chi connectivity index (χ0n) is 21.5. The standard InChI is InChI=1S/C16H38O14Si4/c1-15(2)16(17)27-13-12-14-31(28-32(18-3,19-4)20-5,29-33(21-6,22-7)23-8)30-34(24-9,25-10)26-11/h1,12-14H2,2-11H3. The normalized spacial score (nSPS) is 13.2. The Morgan fingerprint density at radius 3 is 1.15 bits per heavy atom. The van der Waals surface area contributed by atoms with E-state index in [1.165, 1.54) is 70.9 Å². The van der Waals surface area contributed by atoms with Crippen LogP contribution in [0.25, 0.3) is 0 Å². The Labute approximate surface area is 206 Å². The molecule has 0 rings (SSSR count). The first-order valence-corrected chi connectivity index (χ1v) is 16.7. The second kappa shape index (κ2) is 15.7. The summed E-state index contributed by atoms with van der Waals surface area (Å²) in [4.78, 5) is 11.8. The van der Waals surface area contributed by atoms with Crippen molar-refractivity contribution in [2.75, 3.05) is 70.6 Å². The summed E-state index contributed by atoms with van der Waals surface area (Å²) >= 11 is 0. The van der Waals surface area contributed by atoms with Crippen LogP contribution in [0.3, 0.4) is 0 Å². The van der Waals surface area contributed by atoms with E-state index >= 15 is 0 Å². The molecular weight excluding hydrogens is 529 g/mol. The average Bonchev–Trinajstić information content (AvgIpc) is 2.87. The van der Waals surface area contributed by atoms with Gasteiger partial charge in [-0.25, -0.2) is 4.79 Å². The Kier molecular flexibility index (Phi) is 15.5. The number of hydrogen-bond donors (Lipinski definition) is 0. The van der Waals surface area contributed by atoms with Gasteiger partial charge in [-0.1, -0.05) is 6.58 Å². The van der Waals surface area contributed by atoms with E-state index in [4.69, 9.17) is 56.9 Å². The highest BCUT2D eigenvalue weighted by atomic mass is 28.5. The van der Waals surface area contributed by atoms with Crippen molar-refractivity contribution >= 4 is 41.9 Å². The number of rotatable bonds is 20. The van der Waals surface area contributed by atoms with Gasteiger partial charge in [0, 0.05) is 75.6 Å². The quantitative estimate of drug-likeness (QED) is 0.0880. The van der Waals surface area contributed by atoms with Crippen LogP contribution in [0.15, 0.2) is 12.2 Å². The number of carbonyl (C=O) groups is 1. The van der Waals surface area contributed by atoms with E-state index in [1.807, 2.05) is 0 Å². The smallest absolute Gasteiger partial charge is 0.462 e. The lowest BCUT2D eigenvalue weighted by atomic mass is 10.4. The first-order chi connectivity index (χ1) is 16.0. The largest absolute Gasteiger partial charge is 0.671 e. The Morgan fingerprint density at radius 2 is 0.912 bits per heavy atom. The monoisotopic (exact) mass is 566 g/mol. The molecule has 0 amide bonds. The van der Waals surface area contributed by atoms with E-state index in [0.29, 0.717) is 0 Å². The maximum absolute atomic E-state index is 11.8. The van der Waals surface area contributed by atoms with E-state index in [0.717, 1.165) is 0 Å². The Morgan fingerprint density at radius 1 is 0.618 bits per heavy atom. The van der Waals surface area contributed by atoms with Crippen molar-refractivity contribution < 1.29 is 61.7 Å². The molecule has 0 saturated carbocycles. The molecule has 0 bridgehead atoms. The zero-order valence-corrected chi connectivity index (χ0v) is 25.5. The highest BCUT2D eigenvalue weighted by Crippen LogP contribution is 2.32. The highest BCUT2D eigenvalue weighted by molar-refractivity contribution is 6.82. The molecule has 0 unspecified atom stereocenters. The maximum Gasteiger partial charge on any atom is 0.671 e. The Balaban J connectivity index is 6.50. The summed E-state index contributed by atoms with van der Waals surface area (Å²) in [6, 6.07) is 0.0109. The maximum atomic E-state index is 11.8. The molecule has 18 heteroatoms. The van der Waals surface area contributed by atoms with Gasteiger partial charge in [0.25, 0.3) is 0 Å². The van der Waals surface area contributed by atoms with Gasteiger partial charge in [0.15, 0.2) is 0 Å². The first-order valence-electron chi connectivity index (χ1n) is 9.89. The molecular formula is C16H38O14Si4. The molecule has 0 radical (unpaired) electrons. The highest BCUT2D eigenvalue weighted by Gasteiger charge is 2.66. The molecule has 0 spiro atoms. The van der Waals surface area contributed by atoms with Gasteiger partial charge < -0.3 is 56.9 Å². The topological polar surface area (TPSA) is 137 Å². The van der Waals surface area contributed by atoms with Gasteiger partial charge in [0.05, 0.1) is 6.61 Å². The summed E-state index contributed by atoms with van der Waals surface area (Å²) in [7, 11) is -3.55. The molecule has 0 fully saturated rings. The van der Waals surface area contributed by atoms with Crippen molar-refractivity contribution in [3.63, 3.8) is 0 Å². The van der Waals surface area contributed by atoms with Gasteiger partial charge in [-0.2, -0.15) is 0 Å². The lowest BCUT2D eigenvalue weighted by Crippen LogP contribution is -2.69. The van der Waals surface area contributed by atoms with Gasteiger partial charge in [0.2, 0.25) is 0 Å². The minimum atomic E-state index is -4.14. The fourth-order valence-electron chi connectivity index (χ4n) is 2.49. The van der Waals surface area contributed by atoms with E-state index in [1.54, 1.807) is 0 Å². The molecule has 0 heterocycles. The third-order valence-corrected chi connectivity index (χ3v) is 16.5. The van der Waals surface area contributed by atoms with Crippen LogP contribution in [-0.4, -0.2) is 113 Å². The Bertz CT molecular complexity index is 533. The van der Waals surface area contributed by atoms with Crippen LogP contribution in [0.1, 0.15) is 13.3 Å². The average molecular weight is 567 g/mol. The predicted octanol–water partition coefficient (Wildman–Crippen LogP) is 0.609. The number of carbonyl (C=O) groups excluding carboxylic acids is 1. The van der Waals surface area contributed by atoms with Gasteiger partial charge in [0.1, 0.15) is 0 Å². The SMILES string of the molecule is C=C(C)C(=O)OCCC[Si](O[Si](OC)(OC)OC)(O[Si](OC)(OC)OC)O[Si](OC)(OC)OC. The molecule has 14 nitrogen and oxygen atoms in total. The van der Waals surface area contributed by atoms with E-state index in [-0.39, 0.29) is 24.6 Å². The fraction of sp³-hybridized carbons (Fsp3) is 0.812. The van der Waals surface area contributed by atoms with E-state index < -0.39 is 41.9 Å². The molecule has 0 aromatic carbocycles. The van der Waals surface area contributed by atoms with Gasteiger partial charge >= 0.3 is 41.9 Å². The number of ether oxygens (including phenoxy) is 1. The van der Waals surface area contributed by atoms with Crippen LogP contribution in [0.2, 0.25) is 6.04 Å². The van der Waals surface area contributed by atoms with Crippen molar-refractivity contribution in [1.82, 2.24) is 0 Å². The van der Waals surface area contributed by atoms with Crippen molar-refractivity contribution in [2.45, 2.75) is 19.4 Å². The van der Waals surface area contributed by atoms with E-state index in [2.05, 4.69) is 6.58 Å². The zero-order chi connectivity index (χ0) is 26.5. The second-order valence-electron chi connectivity index (χ2n) is 6.35. The van der Waals surface area contributed by atoms with Crippen molar-refractivity contribution in [2.24, 2.45) is 0 Å². The third-order valence-electron chi connectivity index (χ3n) is 4.30. The molecule has 0 aliphatic carbocycles. The fourth-order valence-corrected chi connectivity index (χ4v) is 15.0. The van der Waals surface area contributed by atoms with Gasteiger partial charge in [-0.3, -0.25) is 0 Å². The molecule has 0 aliphatic heterocycles. The summed E-state index contributed by atoms with van der Waals surface area (Å²) in [6.07, 6.45) is 0.204. The van der Waals surface area contributed by atoms with Crippen LogP contribution >= 0.6 is 0 Å². The summed E-state index contributed by atoms with van der Waals surface area (Å²) in [5.74, 6) is -0.548. The molecule has 0 aliphatic rings. The summed E-state index contributed by atoms with van der Waals surface area (Å²) in [6.45, 7) is 5.08. The van der Waals surface area contributed by atoms with Crippen LogP contribution in [0.5, 0.6) is 0 Å². The number of esters is 1. The minimum absolute atomic E-state index is 0.0109. The van der Waals surface area contributed by atoms with Crippen molar-refractivity contribution in [3.8, 4) is 0 Å². The van der Waals surface area contributed by atoms with Gasteiger partial charge in [-0.15, -0.1) is 0 Å². The lowest BCUT2D eigenvalue weighted by molar-refractivity contribution is -0.139. The summed E-state index contributed by atoms with van der Waals surface area (Å²) < 4.78 is 72.9. The van der Waals surface area contributed by atoms with Crippen LogP contribution in [-0.2, 0) is 61.7 Å². The van der Waals surface area contributed by atoms with Crippen molar-refractivity contribution in [3.05, 3.63) is 12.2 Å². The van der Waals surface area contributed by atoms with Gasteiger partial charge in [-0.05, 0) is 13.3 Å². The molecule has 0 atom stereocenters. The molecule has 34 heavy (non-hydrogen) atoms. The molecule has 202 valence electrons. The van der Waals surface area contributed by atoms with Crippen LogP contribution < -0.4 is 0 Å². The third kappa shape index (κ3) is 9.23. The predicted molar refractivity (Wildman–Crippen MR) is 125 cm³/mol. The van der Waals surface area contributed by atoms with Crippen LogP contribution in [0.4, 0.5) is 0 Å². The second-order valence-corrected chi connectivity index (χ2v) is 17.3. The molecule has 0 aromatic rings. The van der Waals surface area contributed by atoms with E-state index in [9.17, 15) is 4.79 Å². The summed E-state index contributed by atoms with van der Waals surface area (Å²) in [5.41, 5.74) is 0.256. The minimum Gasteiger partial charge on any atom is -0.462 e. The lowest BCUT2D eigenvalue weighted by Gasteiger charge is -2.41. The van der Waals surface area contributed by atoms with Crippen LogP contribution in [0, 0.1) is 0 Å². The number of hydrogen-bond acceptors (Lipinski definition) is 14. The Hall–Kier alpha value is -0.402. The molecule has 0 N–H and O–H groups in total. The first kappa shape index (κ1) is 33.6. The summed E-state index contributed by atoms with van der Waals surface area (Å²) in [5, 5.41) is 0. The molecule has 0 aromatic heterocycles. The van der Waals surface area contributed by atoms with Crippen molar-refractivity contribution in [1.29, 1.82) is 0 Å². The molecule has 0 saturated heterocycles.